The average molecular weight is 621 g/mol. The second-order valence-electron chi connectivity index (χ2n) is 9.69. The van der Waals surface area contributed by atoms with Crippen LogP contribution in [0.5, 0.6) is 0 Å². The Morgan fingerprint density at radius 3 is 2.25 bits per heavy atom. The number of anilines is 2. The molecule has 2 atom stereocenters. The summed E-state index contributed by atoms with van der Waals surface area (Å²) in [5.74, 6) is -0.390. The standard InChI is InChI=1S/C25H31F3N4O5S3/c1-18(2)17-39(34,35)32(22-6-4-12-29-15-22)16-21(14-30-40(36,37)23-7-5-13-38-23)31-20-10-8-19(9-11-20)24(3,33)25(26,27)28/h4-13,15,18,21,30-31,33H,14,16-17H2,1-3H3/t21-,24+/m1/s1. The Morgan fingerprint density at radius 1 is 1.05 bits per heavy atom. The Bertz CT molecular complexity index is 1450. The number of hydrogen-bond donors (Lipinski definition) is 3. The van der Waals surface area contributed by atoms with E-state index in [1.54, 1.807) is 37.4 Å². The highest BCUT2D eigenvalue weighted by atomic mass is 32.2. The van der Waals surface area contributed by atoms with E-state index in [1.807, 2.05) is 0 Å². The number of pyridine rings is 1. The third-order valence-electron chi connectivity index (χ3n) is 5.85. The lowest BCUT2D eigenvalue weighted by molar-refractivity contribution is -0.258. The molecule has 3 aromatic rings. The smallest absolute Gasteiger partial charge is 0.379 e. The lowest BCUT2D eigenvalue weighted by atomic mass is 9.95. The monoisotopic (exact) mass is 620 g/mol. The lowest BCUT2D eigenvalue weighted by Gasteiger charge is -2.31. The first-order valence-corrected chi connectivity index (χ1v) is 16.1. The predicted molar refractivity (Wildman–Crippen MR) is 149 cm³/mol. The van der Waals surface area contributed by atoms with Gasteiger partial charge in [0.05, 0.1) is 30.2 Å². The van der Waals surface area contributed by atoms with Gasteiger partial charge in [0.25, 0.3) is 0 Å². The molecule has 0 saturated heterocycles. The molecule has 0 fully saturated rings. The molecule has 0 aliphatic carbocycles. The van der Waals surface area contributed by atoms with Crippen molar-refractivity contribution in [2.45, 2.75) is 42.8 Å². The van der Waals surface area contributed by atoms with Gasteiger partial charge >= 0.3 is 6.18 Å². The van der Waals surface area contributed by atoms with Crippen molar-refractivity contribution in [3.8, 4) is 0 Å². The van der Waals surface area contributed by atoms with Crippen molar-refractivity contribution in [1.82, 2.24) is 9.71 Å². The highest BCUT2D eigenvalue weighted by Crippen LogP contribution is 2.38. The van der Waals surface area contributed by atoms with Gasteiger partial charge in [0.2, 0.25) is 20.0 Å². The second kappa shape index (κ2) is 12.4. The number of aliphatic hydroxyl groups is 1. The van der Waals surface area contributed by atoms with E-state index in [0.717, 1.165) is 27.8 Å². The van der Waals surface area contributed by atoms with Crippen LogP contribution in [-0.4, -0.2) is 58.0 Å². The van der Waals surface area contributed by atoms with E-state index in [0.29, 0.717) is 6.92 Å². The normalized spacial score (nSPS) is 15.0. The molecule has 3 N–H and O–H groups in total. The van der Waals surface area contributed by atoms with Gasteiger partial charge in [0.15, 0.2) is 5.60 Å². The first kappa shape index (κ1) is 31.8. The Morgan fingerprint density at radius 2 is 1.73 bits per heavy atom. The second-order valence-corrected chi connectivity index (χ2v) is 14.6. The number of rotatable bonds is 13. The van der Waals surface area contributed by atoms with Crippen LogP contribution < -0.4 is 14.3 Å². The first-order chi connectivity index (χ1) is 18.5. The van der Waals surface area contributed by atoms with E-state index in [1.165, 1.54) is 30.6 Å². The van der Waals surface area contributed by atoms with E-state index in [-0.39, 0.29) is 40.3 Å². The van der Waals surface area contributed by atoms with E-state index >= 15 is 0 Å². The van der Waals surface area contributed by atoms with Gasteiger partial charge in [-0.1, -0.05) is 32.0 Å². The van der Waals surface area contributed by atoms with Gasteiger partial charge < -0.3 is 10.4 Å². The largest absolute Gasteiger partial charge is 0.421 e. The van der Waals surface area contributed by atoms with Crippen LogP contribution in [0.25, 0.3) is 0 Å². The summed E-state index contributed by atoms with van der Waals surface area (Å²) >= 11 is 1.01. The summed E-state index contributed by atoms with van der Waals surface area (Å²) in [6, 6.07) is 10.1. The number of sulfonamides is 2. The Balaban J connectivity index is 1.94. The number of aromatic nitrogens is 1. The summed E-state index contributed by atoms with van der Waals surface area (Å²) in [7, 11) is -7.79. The molecule has 1 aromatic carbocycles. The minimum Gasteiger partial charge on any atom is -0.379 e. The molecule has 0 radical (unpaired) electrons. The number of benzene rings is 1. The Hall–Kier alpha value is -2.72. The van der Waals surface area contributed by atoms with Crippen LogP contribution in [0.2, 0.25) is 0 Å². The number of hydrogen-bond acceptors (Lipinski definition) is 8. The molecule has 0 unspecified atom stereocenters. The summed E-state index contributed by atoms with van der Waals surface area (Å²) in [5.41, 5.74) is -2.91. The SMILES string of the molecule is CC(C)CS(=O)(=O)N(C[C@@H](CNS(=O)(=O)c1cccs1)Nc1ccc([C@](C)(O)C(F)(F)F)cc1)c1cccnc1. The number of alkyl halides is 3. The van der Waals surface area contributed by atoms with Crippen LogP contribution in [0.1, 0.15) is 26.3 Å². The maximum atomic E-state index is 13.4. The molecular formula is C25H31F3N4O5S3. The van der Waals surface area contributed by atoms with Crippen LogP contribution in [0, 0.1) is 5.92 Å². The zero-order chi connectivity index (χ0) is 29.8. The topological polar surface area (TPSA) is 129 Å². The van der Waals surface area contributed by atoms with Gasteiger partial charge in [-0.25, -0.2) is 21.6 Å². The average Bonchev–Trinajstić information content (AvgIpc) is 3.41. The van der Waals surface area contributed by atoms with Crippen molar-refractivity contribution in [2.75, 3.05) is 28.5 Å². The summed E-state index contributed by atoms with van der Waals surface area (Å²) in [6.45, 7) is 3.66. The summed E-state index contributed by atoms with van der Waals surface area (Å²) in [4.78, 5) is 4.01. The van der Waals surface area contributed by atoms with Crippen molar-refractivity contribution in [3.63, 3.8) is 0 Å². The number of halogens is 3. The van der Waals surface area contributed by atoms with Crippen LogP contribution in [-0.2, 0) is 25.6 Å². The van der Waals surface area contributed by atoms with E-state index in [9.17, 15) is 35.1 Å². The van der Waals surface area contributed by atoms with Gasteiger partial charge in [-0.15, -0.1) is 11.3 Å². The summed E-state index contributed by atoms with van der Waals surface area (Å²) in [6.07, 6.45) is -2.04. The zero-order valence-electron chi connectivity index (χ0n) is 22.0. The molecule has 0 amide bonds. The fourth-order valence-corrected chi connectivity index (χ4v) is 7.72. The quantitative estimate of drug-likeness (QED) is 0.262. The Kier molecular flexibility index (Phi) is 9.88. The molecule has 0 spiro atoms. The lowest BCUT2D eigenvalue weighted by Crippen LogP contribution is -2.47. The van der Waals surface area contributed by atoms with E-state index < -0.39 is 43.4 Å². The highest BCUT2D eigenvalue weighted by molar-refractivity contribution is 7.92. The molecule has 40 heavy (non-hydrogen) atoms. The van der Waals surface area contributed by atoms with Gasteiger partial charge in [0, 0.05) is 18.4 Å². The fraction of sp³-hybridized carbons (Fsp3) is 0.400. The molecule has 0 aliphatic rings. The summed E-state index contributed by atoms with van der Waals surface area (Å²) in [5, 5.41) is 14.6. The van der Waals surface area contributed by atoms with Crippen molar-refractivity contribution in [1.29, 1.82) is 0 Å². The van der Waals surface area contributed by atoms with E-state index in [2.05, 4.69) is 15.0 Å². The van der Waals surface area contributed by atoms with Crippen molar-refractivity contribution >= 4 is 42.8 Å². The molecule has 0 bridgehead atoms. The van der Waals surface area contributed by atoms with Crippen molar-refractivity contribution in [2.24, 2.45) is 5.92 Å². The highest BCUT2D eigenvalue weighted by Gasteiger charge is 2.51. The molecule has 2 aromatic heterocycles. The zero-order valence-corrected chi connectivity index (χ0v) is 24.4. The first-order valence-electron chi connectivity index (χ1n) is 12.1. The van der Waals surface area contributed by atoms with E-state index in [4.69, 9.17) is 0 Å². The van der Waals surface area contributed by atoms with Gasteiger partial charge in [0.1, 0.15) is 4.21 Å². The maximum Gasteiger partial charge on any atom is 0.421 e. The maximum absolute atomic E-state index is 13.4. The van der Waals surface area contributed by atoms with Crippen molar-refractivity contribution < 1.29 is 35.1 Å². The van der Waals surface area contributed by atoms with Gasteiger partial charge in [-0.05, 0) is 54.1 Å². The predicted octanol–water partition coefficient (Wildman–Crippen LogP) is 4.16. The van der Waals surface area contributed by atoms with Crippen LogP contribution >= 0.6 is 11.3 Å². The molecule has 0 aliphatic heterocycles. The third kappa shape index (κ3) is 7.94. The molecule has 0 saturated carbocycles. The van der Waals surface area contributed by atoms with Gasteiger partial charge in [-0.2, -0.15) is 13.2 Å². The molecule has 2 heterocycles. The number of thiophene rings is 1. The molecule has 15 heteroatoms. The van der Waals surface area contributed by atoms with Crippen molar-refractivity contribution in [3.05, 3.63) is 71.9 Å². The third-order valence-corrected chi connectivity index (χ3v) is 10.8. The summed E-state index contributed by atoms with van der Waals surface area (Å²) < 4.78 is 95.8. The number of nitrogens with one attached hydrogen (secondary N) is 2. The Labute approximate surface area is 236 Å². The number of nitrogens with zero attached hydrogens (tertiary/aromatic N) is 2. The van der Waals surface area contributed by atoms with Crippen LogP contribution in [0.15, 0.2) is 70.5 Å². The minimum absolute atomic E-state index is 0.0709. The van der Waals surface area contributed by atoms with Crippen LogP contribution in [0.4, 0.5) is 24.5 Å². The van der Waals surface area contributed by atoms with Crippen LogP contribution in [0.3, 0.4) is 0 Å². The molecular weight excluding hydrogens is 589 g/mol. The molecule has 3 rings (SSSR count). The molecule has 9 nitrogen and oxygen atoms in total. The van der Waals surface area contributed by atoms with Gasteiger partial charge in [-0.3, -0.25) is 9.29 Å². The fourth-order valence-electron chi connectivity index (χ4n) is 3.74. The minimum atomic E-state index is -4.90. The molecule has 220 valence electrons.